The fourth-order valence-corrected chi connectivity index (χ4v) is 5.66. The zero-order valence-electron chi connectivity index (χ0n) is 10.7. The Bertz CT molecular complexity index is 451. The predicted molar refractivity (Wildman–Crippen MR) is 79.1 cm³/mol. The molecule has 0 saturated carbocycles. The fourth-order valence-electron chi connectivity index (χ4n) is 2.27. The van der Waals surface area contributed by atoms with Gasteiger partial charge in [0.25, 0.3) is 0 Å². The summed E-state index contributed by atoms with van der Waals surface area (Å²) < 4.78 is 3.33. The summed E-state index contributed by atoms with van der Waals surface area (Å²) in [4.78, 5) is 4.50. The van der Waals surface area contributed by atoms with Gasteiger partial charge in [-0.15, -0.1) is 24.8 Å². The minimum absolute atomic E-state index is 0. The Hall–Kier alpha value is 0.124. The first-order chi connectivity index (χ1) is 7.11. The van der Waals surface area contributed by atoms with Crippen LogP contribution in [0.4, 0.5) is 0 Å². The van der Waals surface area contributed by atoms with Crippen molar-refractivity contribution in [2.75, 3.05) is 0 Å². The molecule has 0 saturated heterocycles. The molecule has 0 aliphatic heterocycles. The second-order valence-corrected chi connectivity index (χ2v) is 7.93. The van der Waals surface area contributed by atoms with Gasteiger partial charge in [-0.2, -0.15) is 0 Å². The number of hydrogen-bond donors (Lipinski definition) is 0. The van der Waals surface area contributed by atoms with Crippen molar-refractivity contribution < 1.29 is 17.4 Å². The number of allylic oxidation sites excluding steroid dienone is 8. The van der Waals surface area contributed by atoms with Crippen molar-refractivity contribution in [2.45, 2.75) is 33.6 Å². The van der Waals surface area contributed by atoms with Crippen molar-refractivity contribution in [3.05, 3.63) is 42.7 Å². The van der Waals surface area contributed by atoms with Crippen LogP contribution in [0, 0.1) is 0 Å². The van der Waals surface area contributed by atoms with E-state index in [9.17, 15) is 0 Å². The monoisotopic (exact) mass is 306 g/mol. The molecule has 0 nitrogen and oxygen atoms in total. The zero-order chi connectivity index (χ0) is 11.0. The molecule has 3 heteroatoms. The van der Waals surface area contributed by atoms with Gasteiger partial charge in [0.1, 0.15) is 0 Å². The second-order valence-electron chi connectivity index (χ2n) is 4.49. The van der Waals surface area contributed by atoms with Gasteiger partial charge in [0.05, 0.1) is 0 Å². The molecule has 0 aromatic heterocycles. The molecule has 0 amide bonds. The van der Waals surface area contributed by atoms with Crippen LogP contribution in [0.3, 0.4) is 0 Å². The Kier molecular flexibility index (Phi) is 6.95. The van der Waals surface area contributed by atoms with E-state index in [1.165, 1.54) is 12.0 Å². The van der Waals surface area contributed by atoms with E-state index >= 15 is 0 Å². The van der Waals surface area contributed by atoms with Crippen LogP contribution in [0.25, 0.3) is 0 Å². The molecule has 0 radical (unpaired) electrons. The Balaban J connectivity index is 0.00000128. The summed E-state index contributed by atoms with van der Waals surface area (Å²) in [6.45, 7) is 6.80. The first kappa shape index (κ1) is 17.1. The van der Waals surface area contributed by atoms with E-state index in [1.807, 2.05) is 0 Å². The van der Waals surface area contributed by atoms with Crippen molar-refractivity contribution in [2.24, 2.45) is 0 Å². The van der Waals surface area contributed by atoms with Crippen LogP contribution in [-0.2, 0) is 17.4 Å². The van der Waals surface area contributed by atoms with Gasteiger partial charge in [0.15, 0.2) is 0 Å². The normalized spacial score (nSPS) is 17.9. The fraction of sp³-hybridized carbons (Fsp3) is 0.357. The topological polar surface area (TPSA) is 0 Å². The van der Waals surface area contributed by atoms with Crippen LogP contribution in [0.5, 0.6) is 0 Å². The molecule has 94 valence electrons. The molecule has 17 heavy (non-hydrogen) atoms. The average Bonchev–Trinajstić information content (AvgIpc) is 2.82. The van der Waals surface area contributed by atoms with E-state index in [4.69, 9.17) is 0 Å². The van der Waals surface area contributed by atoms with Crippen LogP contribution in [0.15, 0.2) is 42.7 Å². The van der Waals surface area contributed by atoms with E-state index in [1.54, 1.807) is 18.9 Å². The van der Waals surface area contributed by atoms with Crippen molar-refractivity contribution in [1.82, 2.24) is 0 Å². The molecule has 2 aliphatic rings. The molecule has 0 spiro atoms. The average molecular weight is 307 g/mol. The van der Waals surface area contributed by atoms with Crippen molar-refractivity contribution >= 4 is 29.6 Å². The van der Waals surface area contributed by atoms with E-state index in [0.717, 1.165) is 6.42 Å². The third kappa shape index (κ3) is 3.32. The van der Waals surface area contributed by atoms with Gasteiger partial charge in [-0.25, -0.2) is 0 Å². The van der Waals surface area contributed by atoms with Crippen molar-refractivity contribution in [3.63, 3.8) is 0 Å². The standard InChI is InChI=1S/C8H11.C5H5.CH2.2ClH.Ti/c1-6-4-5-7(2)8(6)3;1-2-4-5-3-1;;;;/h4H2,1-3H3;1-3H,4H2;1H2;2*1H;. The maximum atomic E-state index is 4.50. The molecular weight excluding hydrogens is 287 g/mol. The molecule has 0 heterocycles. The van der Waals surface area contributed by atoms with Gasteiger partial charge < -0.3 is 0 Å². The van der Waals surface area contributed by atoms with Gasteiger partial charge in [0.2, 0.25) is 0 Å². The van der Waals surface area contributed by atoms with Crippen LogP contribution in [-0.4, -0.2) is 4.82 Å². The van der Waals surface area contributed by atoms with Gasteiger partial charge in [-0.05, 0) is 0 Å². The van der Waals surface area contributed by atoms with Gasteiger partial charge in [-0.3, -0.25) is 0 Å². The SMILES string of the molecule is Cl.Cl.[CH2]=[Ti]([C]1=CC=CC1)[C]1=C(C)C(C)=C(C)C1. The molecule has 0 aromatic rings. The summed E-state index contributed by atoms with van der Waals surface area (Å²) in [5, 5.41) is 0. The zero-order valence-corrected chi connectivity index (χ0v) is 13.9. The Morgan fingerprint density at radius 2 is 1.76 bits per heavy atom. The number of rotatable bonds is 2. The van der Waals surface area contributed by atoms with Crippen LogP contribution in [0.2, 0.25) is 0 Å². The van der Waals surface area contributed by atoms with Crippen LogP contribution in [0.1, 0.15) is 33.6 Å². The quantitative estimate of drug-likeness (QED) is 0.647. The van der Waals surface area contributed by atoms with Crippen LogP contribution < -0.4 is 0 Å². The van der Waals surface area contributed by atoms with E-state index in [0.29, 0.717) is 0 Å². The first-order valence-corrected chi connectivity index (χ1v) is 8.19. The Labute approximate surface area is 123 Å². The van der Waals surface area contributed by atoms with Gasteiger partial charge in [0, 0.05) is 0 Å². The molecule has 0 atom stereocenters. The third-order valence-corrected chi connectivity index (χ3v) is 7.41. The molecule has 2 rings (SSSR count). The molecule has 0 unspecified atom stereocenters. The molecule has 0 fully saturated rings. The summed E-state index contributed by atoms with van der Waals surface area (Å²) >= 11 is -1.34. The first-order valence-electron chi connectivity index (χ1n) is 5.53. The maximum absolute atomic E-state index is 4.50. The molecule has 0 N–H and O–H groups in total. The summed E-state index contributed by atoms with van der Waals surface area (Å²) in [6.07, 6.45) is 9.10. The third-order valence-electron chi connectivity index (χ3n) is 3.62. The molecule has 2 aliphatic carbocycles. The van der Waals surface area contributed by atoms with Gasteiger partial charge in [-0.1, -0.05) is 0 Å². The number of halogens is 2. The van der Waals surface area contributed by atoms with Crippen molar-refractivity contribution in [3.8, 4) is 0 Å². The minimum atomic E-state index is -1.34. The van der Waals surface area contributed by atoms with Crippen LogP contribution >= 0.6 is 24.8 Å². The van der Waals surface area contributed by atoms with Gasteiger partial charge >= 0.3 is 98.5 Å². The summed E-state index contributed by atoms with van der Waals surface area (Å²) in [5.41, 5.74) is 4.62. The second kappa shape index (κ2) is 6.90. The predicted octanol–water partition coefficient (Wildman–Crippen LogP) is 4.74. The summed E-state index contributed by atoms with van der Waals surface area (Å²) in [7, 11) is 0. The molecular formula is C14H20Cl2Ti. The van der Waals surface area contributed by atoms with E-state index in [-0.39, 0.29) is 24.8 Å². The van der Waals surface area contributed by atoms with Crippen molar-refractivity contribution in [1.29, 1.82) is 0 Å². The number of hydrogen-bond acceptors (Lipinski definition) is 0. The van der Waals surface area contributed by atoms with E-state index in [2.05, 4.69) is 43.8 Å². The summed E-state index contributed by atoms with van der Waals surface area (Å²) in [6, 6.07) is 0. The summed E-state index contributed by atoms with van der Waals surface area (Å²) in [5.74, 6) is 0. The Morgan fingerprint density at radius 3 is 2.18 bits per heavy atom. The Morgan fingerprint density at radius 1 is 1.12 bits per heavy atom. The molecule has 0 bridgehead atoms. The molecule has 0 aromatic carbocycles. The van der Waals surface area contributed by atoms with E-state index < -0.39 is 17.4 Å².